The Kier molecular flexibility index (Phi) is 6.73. The fourth-order valence-corrected chi connectivity index (χ4v) is 3.56. The second-order valence-corrected chi connectivity index (χ2v) is 9.12. The third-order valence-corrected chi connectivity index (χ3v) is 4.94. The summed E-state index contributed by atoms with van der Waals surface area (Å²) >= 11 is 0. The van der Waals surface area contributed by atoms with Gasteiger partial charge in [0.2, 0.25) is 11.8 Å². The van der Waals surface area contributed by atoms with Gasteiger partial charge in [0, 0.05) is 28.7 Å². The summed E-state index contributed by atoms with van der Waals surface area (Å²) < 4.78 is 11.4. The predicted octanol–water partition coefficient (Wildman–Crippen LogP) is 6.52. The Balaban J connectivity index is 1.58. The number of amides is 1. The SMILES string of the molecule is Cc1cc(Nc2nccc(Oc3ccc(NC(=O)OC(C)(C)C)c4ccccc34)n2)cc(C(=O)O)c1. The number of hydrogen-bond donors (Lipinski definition) is 3. The summed E-state index contributed by atoms with van der Waals surface area (Å²) in [6.07, 6.45) is 0.995. The summed E-state index contributed by atoms with van der Waals surface area (Å²) in [5, 5.41) is 16.7. The van der Waals surface area contributed by atoms with Gasteiger partial charge in [0.1, 0.15) is 11.4 Å². The van der Waals surface area contributed by atoms with Crippen LogP contribution in [0.15, 0.2) is 66.9 Å². The van der Waals surface area contributed by atoms with E-state index in [1.54, 1.807) is 57.3 Å². The number of carbonyl (C=O) groups is 2. The number of ether oxygens (including phenoxy) is 2. The molecular weight excluding hydrogens is 460 g/mol. The van der Waals surface area contributed by atoms with Crippen LogP contribution in [0.4, 0.5) is 22.1 Å². The summed E-state index contributed by atoms with van der Waals surface area (Å²) in [4.78, 5) is 32.3. The van der Waals surface area contributed by atoms with Crippen molar-refractivity contribution in [3.8, 4) is 11.6 Å². The first kappa shape index (κ1) is 24.5. The Morgan fingerprint density at radius 3 is 2.44 bits per heavy atom. The van der Waals surface area contributed by atoms with Crippen LogP contribution >= 0.6 is 0 Å². The second-order valence-electron chi connectivity index (χ2n) is 9.12. The lowest BCUT2D eigenvalue weighted by Gasteiger charge is -2.20. The van der Waals surface area contributed by atoms with Gasteiger partial charge in [-0.2, -0.15) is 4.98 Å². The number of carboxylic acid groups (broad SMARTS) is 1. The Hall–Kier alpha value is -4.66. The first-order valence-electron chi connectivity index (χ1n) is 11.2. The van der Waals surface area contributed by atoms with E-state index in [1.165, 1.54) is 6.07 Å². The Morgan fingerprint density at radius 2 is 1.72 bits per heavy atom. The molecule has 0 saturated carbocycles. The van der Waals surface area contributed by atoms with Crippen molar-refractivity contribution < 1.29 is 24.2 Å². The van der Waals surface area contributed by atoms with E-state index in [9.17, 15) is 14.7 Å². The van der Waals surface area contributed by atoms with Gasteiger partial charge in [-0.15, -0.1) is 0 Å². The number of anilines is 3. The summed E-state index contributed by atoms with van der Waals surface area (Å²) in [6.45, 7) is 7.22. The molecule has 4 aromatic rings. The van der Waals surface area contributed by atoms with Crippen molar-refractivity contribution in [2.75, 3.05) is 10.6 Å². The van der Waals surface area contributed by atoms with Crippen LogP contribution in [0.2, 0.25) is 0 Å². The van der Waals surface area contributed by atoms with Crippen molar-refractivity contribution in [2.24, 2.45) is 0 Å². The van der Waals surface area contributed by atoms with E-state index >= 15 is 0 Å². The van der Waals surface area contributed by atoms with Crippen LogP contribution < -0.4 is 15.4 Å². The second kappa shape index (κ2) is 9.91. The fraction of sp³-hybridized carbons (Fsp3) is 0.185. The van der Waals surface area contributed by atoms with Crippen molar-refractivity contribution in [1.82, 2.24) is 9.97 Å². The van der Waals surface area contributed by atoms with Crippen LogP contribution in [-0.2, 0) is 4.74 Å². The lowest BCUT2D eigenvalue weighted by molar-refractivity contribution is 0.0634. The minimum atomic E-state index is -1.02. The molecule has 0 unspecified atom stereocenters. The van der Waals surface area contributed by atoms with Gasteiger partial charge in [-0.1, -0.05) is 24.3 Å². The molecule has 0 aliphatic rings. The highest BCUT2D eigenvalue weighted by Crippen LogP contribution is 2.34. The predicted molar refractivity (Wildman–Crippen MR) is 137 cm³/mol. The van der Waals surface area contributed by atoms with Gasteiger partial charge in [-0.3, -0.25) is 5.32 Å². The molecule has 9 nitrogen and oxygen atoms in total. The minimum Gasteiger partial charge on any atom is -0.478 e. The van der Waals surface area contributed by atoms with Gasteiger partial charge in [-0.05, 0) is 63.6 Å². The lowest BCUT2D eigenvalue weighted by Crippen LogP contribution is -2.27. The zero-order valence-corrected chi connectivity index (χ0v) is 20.3. The molecule has 3 aromatic carbocycles. The largest absolute Gasteiger partial charge is 0.478 e. The molecule has 0 bridgehead atoms. The van der Waals surface area contributed by atoms with Crippen molar-refractivity contribution in [3.63, 3.8) is 0 Å². The van der Waals surface area contributed by atoms with Gasteiger partial charge in [-0.25, -0.2) is 14.6 Å². The Morgan fingerprint density at radius 1 is 0.972 bits per heavy atom. The summed E-state index contributed by atoms with van der Waals surface area (Å²) in [6, 6.07) is 17.5. The first-order chi connectivity index (χ1) is 17.1. The van der Waals surface area contributed by atoms with E-state index in [0.29, 0.717) is 17.1 Å². The quantitative estimate of drug-likeness (QED) is 0.281. The Bertz CT molecular complexity index is 1450. The minimum absolute atomic E-state index is 0.163. The summed E-state index contributed by atoms with van der Waals surface area (Å²) in [7, 11) is 0. The molecule has 0 radical (unpaired) electrons. The number of nitrogens with one attached hydrogen (secondary N) is 2. The van der Waals surface area contributed by atoms with Crippen LogP contribution in [0.5, 0.6) is 11.6 Å². The molecule has 1 aromatic heterocycles. The van der Waals surface area contributed by atoms with Gasteiger partial charge in [0.05, 0.1) is 11.3 Å². The van der Waals surface area contributed by atoms with Crippen LogP contribution in [-0.4, -0.2) is 32.7 Å². The van der Waals surface area contributed by atoms with Gasteiger partial charge < -0.3 is 19.9 Å². The van der Waals surface area contributed by atoms with E-state index < -0.39 is 17.7 Å². The van der Waals surface area contributed by atoms with E-state index in [4.69, 9.17) is 9.47 Å². The number of aromatic carboxylic acids is 1. The highest BCUT2D eigenvalue weighted by atomic mass is 16.6. The Labute approximate surface area is 208 Å². The number of aromatic nitrogens is 2. The average Bonchev–Trinajstić information content (AvgIpc) is 2.79. The molecule has 1 amide bonds. The van der Waals surface area contributed by atoms with E-state index in [1.807, 2.05) is 31.2 Å². The van der Waals surface area contributed by atoms with Gasteiger partial charge in [0.15, 0.2) is 0 Å². The number of carbonyl (C=O) groups excluding carboxylic acids is 1. The third-order valence-electron chi connectivity index (χ3n) is 4.94. The molecule has 1 heterocycles. The maximum Gasteiger partial charge on any atom is 0.412 e. The van der Waals surface area contributed by atoms with Crippen LogP contribution in [0, 0.1) is 6.92 Å². The van der Waals surface area contributed by atoms with Crippen molar-refractivity contribution in [3.05, 3.63) is 78.0 Å². The molecule has 0 aliphatic heterocycles. The zero-order chi connectivity index (χ0) is 25.9. The number of aryl methyl sites for hydroxylation is 1. The highest BCUT2D eigenvalue weighted by molar-refractivity contribution is 6.02. The maximum atomic E-state index is 12.3. The molecule has 9 heteroatoms. The molecular formula is C27H26N4O5. The van der Waals surface area contributed by atoms with E-state index in [0.717, 1.165) is 16.3 Å². The number of hydrogen-bond acceptors (Lipinski definition) is 7. The number of nitrogens with zero attached hydrogens (tertiary/aromatic N) is 2. The normalized spacial score (nSPS) is 11.1. The van der Waals surface area contributed by atoms with Crippen LogP contribution in [0.3, 0.4) is 0 Å². The summed E-state index contributed by atoms with van der Waals surface area (Å²) in [5.41, 5.74) is 1.47. The van der Waals surface area contributed by atoms with Gasteiger partial charge in [0.25, 0.3) is 0 Å². The van der Waals surface area contributed by atoms with Gasteiger partial charge >= 0.3 is 12.1 Å². The number of rotatable bonds is 6. The third kappa shape index (κ3) is 6.06. The van der Waals surface area contributed by atoms with E-state index in [-0.39, 0.29) is 17.4 Å². The topological polar surface area (TPSA) is 123 Å². The van der Waals surface area contributed by atoms with Crippen molar-refractivity contribution in [1.29, 1.82) is 0 Å². The fourth-order valence-electron chi connectivity index (χ4n) is 3.56. The van der Waals surface area contributed by atoms with E-state index in [2.05, 4.69) is 20.6 Å². The summed E-state index contributed by atoms with van der Waals surface area (Å²) in [5.74, 6) is 0.0588. The molecule has 36 heavy (non-hydrogen) atoms. The van der Waals surface area contributed by atoms with Crippen molar-refractivity contribution in [2.45, 2.75) is 33.3 Å². The molecule has 0 saturated heterocycles. The number of carboxylic acids is 1. The maximum absolute atomic E-state index is 12.3. The number of benzene rings is 3. The molecule has 3 N–H and O–H groups in total. The van der Waals surface area contributed by atoms with Crippen LogP contribution in [0.1, 0.15) is 36.7 Å². The monoisotopic (exact) mass is 486 g/mol. The molecule has 0 aliphatic carbocycles. The molecule has 4 rings (SSSR count). The number of fused-ring (bicyclic) bond motifs is 1. The average molecular weight is 487 g/mol. The highest BCUT2D eigenvalue weighted by Gasteiger charge is 2.18. The molecule has 0 atom stereocenters. The molecule has 184 valence electrons. The smallest absolute Gasteiger partial charge is 0.412 e. The standard InChI is InChI=1S/C27H26N4O5/c1-16-13-17(24(32)33)15-18(14-16)29-25-28-12-11-23(31-25)35-22-10-9-21(19-7-5-6-8-20(19)22)30-26(34)36-27(2,3)4/h5-15H,1-4H3,(H,30,34)(H,32,33)(H,28,29,31). The first-order valence-corrected chi connectivity index (χ1v) is 11.2. The molecule has 0 spiro atoms. The zero-order valence-electron chi connectivity index (χ0n) is 20.3. The van der Waals surface area contributed by atoms with Crippen LogP contribution in [0.25, 0.3) is 10.8 Å². The van der Waals surface area contributed by atoms with Crippen molar-refractivity contribution >= 4 is 40.2 Å². The molecule has 0 fully saturated rings. The lowest BCUT2D eigenvalue weighted by atomic mass is 10.1.